The van der Waals surface area contributed by atoms with Gasteiger partial charge in [0.25, 0.3) is 0 Å². The molecule has 0 saturated heterocycles. The van der Waals surface area contributed by atoms with Gasteiger partial charge in [0.15, 0.2) is 0 Å². The molecular weight excluding hydrogens is 1740 g/mol. The number of benzene rings is 15. The van der Waals surface area contributed by atoms with Crippen molar-refractivity contribution in [1.82, 2.24) is 0 Å². The van der Waals surface area contributed by atoms with Crippen LogP contribution in [0.4, 0.5) is 56.9 Å². The monoisotopic (exact) mass is 1890 g/mol. The number of rotatable bonds is 11. The van der Waals surface area contributed by atoms with Crippen LogP contribution in [0.2, 0.25) is 0 Å². The summed E-state index contributed by atoms with van der Waals surface area (Å²) < 4.78 is 55.3. The Morgan fingerprint density at radius 1 is 0.259 bits per heavy atom. The second kappa shape index (κ2) is 40.5. The van der Waals surface area contributed by atoms with Crippen LogP contribution in [0.25, 0.3) is 0 Å². The highest BCUT2D eigenvalue weighted by molar-refractivity contribution is 5.87. The summed E-state index contributed by atoms with van der Waals surface area (Å²) in [6, 6.07) is 138. The Hall–Kier alpha value is -15.0. The Balaban J connectivity index is 0.000000126. The van der Waals surface area contributed by atoms with Crippen LogP contribution in [0.1, 0.15) is 228 Å². The Morgan fingerprint density at radius 3 is 1.05 bits per heavy atom. The predicted octanol–water partition coefficient (Wildman–Crippen LogP) is 33.9. The van der Waals surface area contributed by atoms with Crippen LogP contribution in [-0.2, 0) is 16.2 Å². The first-order chi connectivity index (χ1) is 69.8. The van der Waals surface area contributed by atoms with Gasteiger partial charge in [-0.2, -0.15) is 0 Å². The smallest absolute Gasteiger partial charge is 0.136 e. The van der Waals surface area contributed by atoms with Crippen molar-refractivity contribution in [1.29, 1.82) is 0 Å². The number of hydrogen-bond acceptors (Lipinski definition) is 10. The third-order valence-electron chi connectivity index (χ3n) is 30.7. The molecule has 8 unspecified atom stereocenters. The molecule has 0 radical (unpaired) electrons. The van der Waals surface area contributed by atoms with Gasteiger partial charge in [0.05, 0.1) is 65.9 Å². The Bertz CT molecular complexity index is 7590. The van der Waals surface area contributed by atoms with Crippen LogP contribution in [-0.4, -0.2) is 26.6 Å². The van der Waals surface area contributed by atoms with Crippen molar-refractivity contribution >= 4 is 56.9 Å². The van der Waals surface area contributed by atoms with Crippen molar-refractivity contribution in [3.63, 3.8) is 0 Å². The highest BCUT2D eigenvalue weighted by Crippen LogP contribution is 2.65. The van der Waals surface area contributed by atoms with E-state index in [-0.39, 0.29) is 54.1 Å². The summed E-state index contributed by atoms with van der Waals surface area (Å²) in [4.78, 5) is 22.2. The minimum absolute atomic E-state index is 0. The van der Waals surface area contributed by atoms with E-state index in [1.807, 2.05) is 143 Å². The summed E-state index contributed by atoms with van der Waals surface area (Å²) in [6.45, 7) is 25.8. The normalized spacial score (nSPS) is 22.5. The van der Waals surface area contributed by atoms with E-state index in [4.69, 9.17) is 4.11 Å². The minimum Gasteiger partial charge on any atom is -0.325 e. The number of nitrogens with zero attached hydrogens (tertiary/aromatic N) is 10. The highest BCUT2D eigenvalue weighted by atomic mass is 15.5. The zero-order valence-electron chi connectivity index (χ0n) is 87.3. The van der Waals surface area contributed by atoms with Gasteiger partial charge in [0.2, 0.25) is 0 Å². The summed E-state index contributed by atoms with van der Waals surface area (Å²) in [5, 5.41) is 0. The van der Waals surface area contributed by atoms with Gasteiger partial charge >= 0.3 is 0 Å². The van der Waals surface area contributed by atoms with E-state index in [0.29, 0.717) is 5.92 Å². The third kappa shape index (κ3) is 16.2. The van der Waals surface area contributed by atoms with Gasteiger partial charge in [-0.05, 0) is 232 Å². The SMILES string of the molecule is C.C.C.C.C.CC1=C2N(c3ccccc3C2(C)C)C(c2ccccc2)N1c1ccccc1C.[2H]C1N(c2ccccc2C)C(C)=C2N1c1ccccc1C2([2H])C.[2H]C1N(c2ccccc2C)C(C)=C2N1c1ccccc1C2([2H])c1ccccc1.[2H]C1N(c2ccccc2C)C(C)=C2N1c1ccccc1C2(c1ccccc1)C1CCCC1.[2H]C1N(c2ccccc2C)C(C)=C2N1c1ccccc1C2(c1ccccc1)c1ccccc1. The summed E-state index contributed by atoms with van der Waals surface area (Å²) in [7, 11) is 0. The van der Waals surface area contributed by atoms with E-state index in [9.17, 15) is 4.11 Å². The number of hydrogen-bond donors (Lipinski definition) is 0. The molecule has 1 aliphatic carbocycles. The van der Waals surface area contributed by atoms with Crippen molar-refractivity contribution < 1.29 is 8.22 Å². The van der Waals surface area contributed by atoms with E-state index in [1.165, 1.54) is 127 Å². The third-order valence-corrected chi connectivity index (χ3v) is 30.7. The summed E-state index contributed by atoms with van der Waals surface area (Å²) in [5.41, 5.74) is 39.7. The van der Waals surface area contributed by atoms with Gasteiger partial charge < -0.3 is 49.0 Å². The minimum atomic E-state index is -1.03. The van der Waals surface area contributed by atoms with Crippen molar-refractivity contribution in [2.75, 3.05) is 75.6 Å². The van der Waals surface area contributed by atoms with Crippen molar-refractivity contribution in [3.8, 4) is 0 Å². The van der Waals surface area contributed by atoms with E-state index in [0.717, 1.165) is 96.1 Å². The topological polar surface area (TPSA) is 32.4 Å². The maximum Gasteiger partial charge on any atom is 0.136 e. The lowest BCUT2D eigenvalue weighted by molar-refractivity contribution is 0.381. The maximum absolute atomic E-state index is 9.65. The van der Waals surface area contributed by atoms with Crippen LogP contribution in [0, 0.1) is 40.5 Å². The fourth-order valence-electron chi connectivity index (χ4n) is 24.5. The quantitative estimate of drug-likeness (QED) is 0.125. The molecule has 8 atom stereocenters. The molecule has 10 heterocycles. The van der Waals surface area contributed by atoms with Crippen molar-refractivity contribution in [3.05, 3.63) is 535 Å². The standard InChI is InChI=1S/C30H26N2.C29H30N2.C26H26N2.C24H22N2.C19H20N2.5CH4/c1-22-13-9-11-19-27(22)31-21-32-28-20-12-10-18-26(28)30(29(32)23(31)2,24-14-5-3-6-15-24)25-16-7-4-8-17-25;1-21-12-6-10-18-26(21)30-20-31-27-19-11-9-17-25(27)29(28(31)22(30)2,24-15-7-8-16-24)23-13-4-3-5-14-23;1-18-12-8-10-16-22(18)27-19(2)24-26(3,4)21-15-9-11-17-23(21)28(24)25(27)20-13-6-5-7-14-20;1-17-10-6-8-14-21(17)25-16-26-22-15-9-7-13-20(22)23(24(26)18(25)2)19-11-4-3-5-12-19;1-13-8-4-6-10-17(13)20-12-21-18-11-7-5-9-16(18)14(2)19(21)15(20)3;;;;;/h3-20H,21H2,1-2H3;3-6,9-14,17-19,24H,7-8,15-16,20H2,1-2H3;5-17,25H,1-4H3;3-15,23H,16H2,1-2H3;4-11,14H,12H2,1-3H3;5*1H4/i21D;20D;;16D,23D;12D,14D;;;;;. The Morgan fingerprint density at radius 2 is 0.580 bits per heavy atom. The van der Waals surface area contributed by atoms with E-state index >= 15 is 0 Å². The molecule has 15 aromatic carbocycles. The van der Waals surface area contributed by atoms with Crippen molar-refractivity contribution in [2.45, 2.75) is 187 Å². The molecule has 0 N–H and O–H groups in total. The average Bonchev–Trinajstić information content (AvgIpc) is 1.49. The lowest BCUT2D eigenvalue weighted by Crippen LogP contribution is -2.37. The van der Waals surface area contributed by atoms with Gasteiger partial charge in [-0.3, -0.25) is 0 Å². The molecule has 15 aromatic rings. The fourth-order valence-corrected chi connectivity index (χ4v) is 24.5. The molecule has 726 valence electrons. The van der Waals surface area contributed by atoms with Gasteiger partial charge in [0, 0.05) is 111 Å². The molecule has 0 aromatic heterocycles. The van der Waals surface area contributed by atoms with Crippen molar-refractivity contribution in [2.24, 2.45) is 5.92 Å². The van der Waals surface area contributed by atoms with Gasteiger partial charge in [0.1, 0.15) is 6.17 Å². The van der Waals surface area contributed by atoms with Gasteiger partial charge in [-0.25, -0.2) is 0 Å². The molecule has 10 nitrogen and oxygen atoms in total. The lowest BCUT2D eigenvalue weighted by Gasteiger charge is -2.39. The van der Waals surface area contributed by atoms with Crippen LogP contribution < -0.4 is 49.0 Å². The molecule has 1 saturated carbocycles. The zero-order valence-corrected chi connectivity index (χ0v) is 81.3. The maximum atomic E-state index is 9.65. The summed E-state index contributed by atoms with van der Waals surface area (Å²) in [6.07, 6.45) is 5.18. The van der Waals surface area contributed by atoms with Gasteiger partial charge in [-0.15, -0.1) is 0 Å². The molecule has 10 aliphatic heterocycles. The average molecular weight is 1890 g/mol. The van der Waals surface area contributed by atoms with Crippen LogP contribution >= 0.6 is 0 Å². The lowest BCUT2D eigenvalue weighted by atomic mass is 9.64. The number of para-hydroxylation sites is 10. The first-order valence-electron chi connectivity index (χ1n) is 52.3. The number of allylic oxidation sites excluding steroid dienone is 10. The molecule has 0 bridgehead atoms. The Labute approximate surface area is 862 Å². The van der Waals surface area contributed by atoms with Crippen LogP contribution in [0.3, 0.4) is 0 Å². The molecule has 0 amide bonds. The Kier molecular flexibility index (Phi) is 26.0. The second-order valence-corrected chi connectivity index (χ2v) is 38.8. The second-order valence-electron chi connectivity index (χ2n) is 38.8. The first-order valence-corrected chi connectivity index (χ1v) is 49.0. The summed E-state index contributed by atoms with van der Waals surface area (Å²) >= 11 is 0. The largest absolute Gasteiger partial charge is 0.325 e. The van der Waals surface area contributed by atoms with Crippen LogP contribution in [0.5, 0.6) is 0 Å². The number of aryl methyl sites for hydroxylation is 5. The molecule has 10 heteroatoms. The molecule has 1 fully saturated rings. The molecule has 11 aliphatic rings. The number of anilines is 10. The molecule has 0 spiro atoms. The number of fused-ring (bicyclic) bond motifs is 15. The highest BCUT2D eigenvalue weighted by Gasteiger charge is 2.59. The van der Waals surface area contributed by atoms with Crippen LogP contribution in [0.15, 0.2) is 451 Å². The van der Waals surface area contributed by atoms with E-state index in [2.05, 4.69) is 390 Å². The summed E-state index contributed by atoms with van der Waals surface area (Å²) in [5.74, 6) is -1.30. The first kappa shape index (κ1) is 91.8. The van der Waals surface area contributed by atoms with E-state index < -0.39 is 43.8 Å². The van der Waals surface area contributed by atoms with Gasteiger partial charge in [-0.1, -0.05) is 404 Å². The zero-order chi connectivity index (χ0) is 99.7. The van der Waals surface area contributed by atoms with E-state index in [1.54, 1.807) is 0 Å². The predicted molar refractivity (Wildman–Crippen MR) is 610 cm³/mol. The molecule has 26 rings (SSSR count). The fraction of sp³-hybridized carbons (Fsp3) is 0.248. The molecular formula is C133H144N10. The molecule has 143 heavy (non-hydrogen) atoms.